The molecule has 0 aromatic carbocycles. The number of carbonyl (C=O) groups excluding carboxylic acids is 1. The van der Waals surface area contributed by atoms with Crippen LogP contribution in [0.25, 0.3) is 0 Å². The van der Waals surface area contributed by atoms with Crippen molar-refractivity contribution in [1.29, 1.82) is 0 Å². The first kappa shape index (κ1) is 21.7. The van der Waals surface area contributed by atoms with Gasteiger partial charge in [-0.25, -0.2) is 4.99 Å². The molecule has 1 aromatic rings. The van der Waals surface area contributed by atoms with Gasteiger partial charge in [-0.15, -0.1) is 24.0 Å². The zero-order valence-electron chi connectivity index (χ0n) is 14.6. The molecule has 0 fully saturated rings. The van der Waals surface area contributed by atoms with Crippen molar-refractivity contribution in [2.24, 2.45) is 12.0 Å². The molecule has 0 saturated carbocycles. The molecule has 1 heterocycles. The molecule has 0 saturated heterocycles. The first-order chi connectivity index (χ1) is 10.5. The lowest BCUT2D eigenvalue weighted by atomic mass is 10.4. The number of nitrogens with zero attached hydrogens (tertiary/aromatic N) is 4. The smallest absolute Gasteiger partial charge is 0.243 e. The zero-order valence-corrected chi connectivity index (χ0v) is 16.9. The van der Waals surface area contributed by atoms with Crippen LogP contribution >= 0.6 is 24.0 Å². The normalized spacial score (nSPS) is 10.9. The van der Waals surface area contributed by atoms with E-state index in [1.165, 1.54) is 10.6 Å². The molecule has 132 valence electrons. The van der Waals surface area contributed by atoms with Crippen LogP contribution < -0.4 is 5.32 Å². The Hall–Kier alpha value is -1.29. The Morgan fingerprint density at radius 1 is 1.39 bits per heavy atom. The standard InChI is InChI=1S/C15H27N5O2.HI/c1-18(2)14(21)11-17-15(16-8-10-22-5)20(4)12-13-7-6-9-19(13)3;/h6-7,9H,8,10-12H2,1-5H3,(H,16,17);1H. The van der Waals surface area contributed by atoms with Gasteiger partial charge in [-0.05, 0) is 12.1 Å². The average molecular weight is 437 g/mol. The predicted octanol–water partition coefficient (Wildman–Crippen LogP) is 0.755. The topological polar surface area (TPSA) is 62.1 Å². The molecule has 0 radical (unpaired) electrons. The quantitative estimate of drug-likeness (QED) is 0.296. The minimum Gasteiger partial charge on any atom is -0.383 e. The van der Waals surface area contributed by atoms with Crippen molar-refractivity contribution < 1.29 is 9.53 Å². The van der Waals surface area contributed by atoms with Crippen molar-refractivity contribution in [3.05, 3.63) is 24.0 Å². The van der Waals surface area contributed by atoms with Crippen LogP contribution in [0.3, 0.4) is 0 Å². The summed E-state index contributed by atoms with van der Waals surface area (Å²) >= 11 is 0. The molecule has 0 aliphatic carbocycles. The van der Waals surface area contributed by atoms with E-state index >= 15 is 0 Å². The Labute approximate surface area is 155 Å². The molecule has 7 nitrogen and oxygen atoms in total. The zero-order chi connectivity index (χ0) is 16.5. The minimum atomic E-state index is -0.0293. The number of aromatic nitrogens is 1. The van der Waals surface area contributed by atoms with Gasteiger partial charge in [0.1, 0.15) is 6.54 Å². The molecule has 8 heteroatoms. The monoisotopic (exact) mass is 437 g/mol. The summed E-state index contributed by atoms with van der Waals surface area (Å²) in [6.45, 7) is 2.06. The lowest BCUT2D eigenvalue weighted by Crippen LogP contribution is -2.41. The van der Waals surface area contributed by atoms with Crippen LogP contribution in [0.4, 0.5) is 0 Å². The summed E-state index contributed by atoms with van der Waals surface area (Å²) < 4.78 is 7.11. The number of hydrogen-bond acceptors (Lipinski definition) is 3. The van der Waals surface area contributed by atoms with Gasteiger partial charge in [-0.2, -0.15) is 0 Å². The SMILES string of the molecule is COCCNC(=NCC(=O)N(C)C)N(C)Cc1cccn1C.I. The molecular formula is C15H28IN5O2. The summed E-state index contributed by atoms with van der Waals surface area (Å²) in [5, 5.41) is 3.22. The number of hydrogen-bond donors (Lipinski definition) is 1. The number of likely N-dealkylation sites (N-methyl/N-ethyl adjacent to an activating group) is 1. The molecular weight excluding hydrogens is 409 g/mol. The highest BCUT2D eigenvalue weighted by atomic mass is 127. The average Bonchev–Trinajstić information content (AvgIpc) is 2.87. The number of rotatable bonds is 7. The molecule has 0 unspecified atom stereocenters. The van der Waals surface area contributed by atoms with Crippen LogP contribution in [0, 0.1) is 0 Å². The largest absolute Gasteiger partial charge is 0.383 e. The highest BCUT2D eigenvalue weighted by Crippen LogP contribution is 2.03. The molecule has 0 aliphatic heterocycles. The number of ether oxygens (including phenoxy) is 1. The van der Waals surface area contributed by atoms with Gasteiger partial charge < -0.3 is 24.4 Å². The van der Waals surface area contributed by atoms with Gasteiger partial charge in [-0.1, -0.05) is 0 Å². The van der Waals surface area contributed by atoms with Crippen LogP contribution in [0.1, 0.15) is 5.69 Å². The summed E-state index contributed by atoms with van der Waals surface area (Å²) in [4.78, 5) is 19.6. The maximum Gasteiger partial charge on any atom is 0.243 e. The summed E-state index contributed by atoms with van der Waals surface area (Å²) in [6, 6.07) is 4.07. The van der Waals surface area contributed by atoms with E-state index in [9.17, 15) is 4.79 Å². The molecule has 23 heavy (non-hydrogen) atoms. The highest BCUT2D eigenvalue weighted by Gasteiger charge is 2.10. The predicted molar refractivity (Wildman–Crippen MR) is 103 cm³/mol. The second-order valence-corrected chi connectivity index (χ2v) is 5.31. The number of aryl methyl sites for hydroxylation is 1. The minimum absolute atomic E-state index is 0. The van der Waals surface area contributed by atoms with Crippen LogP contribution in [0.2, 0.25) is 0 Å². The fraction of sp³-hybridized carbons (Fsp3) is 0.600. The number of carbonyl (C=O) groups is 1. The fourth-order valence-electron chi connectivity index (χ4n) is 1.84. The van der Waals surface area contributed by atoms with E-state index in [0.717, 1.165) is 0 Å². The van der Waals surface area contributed by atoms with E-state index in [4.69, 9.17) is 4.74 Å². The van der Waals surface area contributed by atoms with E-state index in [1.807, 2.05) is 31.3 Å². The Morgan fingerprint density at radius 2 is 2.09 bits per heavy atom. The van der Waals surface area contributed by atoms with E-state index < -0.39 is 0 Å². The third-order valence-electron chi connectivity index (χ3n) is 3.26. The van der Waals surface area contributed by atoms with Gasteiger partial charge in [0.05, 0.1) is 13.2 Å². The van der Waals surface area contributed by atoms with Crippen molar-refractivity contribution in [3.8, 4) is 0 Å². The molecule has 1 aromatic heterocycles. The van der Waals surface area contributed by atoms with Crippen LogP contribution in [0.15, 0.2) is 23.3 Å². The number of nitrogens with one attached hydrogen (secondary N) is 1. The van der Waals surface area contributed by atoms with E-state index in [-0.39, 0.29) is 36.4 Å². The highest BCUT2D eigenvalue weighted by molar-refractivity contribution is 14.0. The Balaban J connectivity index is 0.00000484. The Morgan fingerprint density at radius 3 is 2.61 bits per heavy atom. The molecule has 1 rings (SSSR count). The lowest BCUT2D eigenvalue weighted by molar-refractivity contribution is -0.127. The first-order valence-corrected chi connectivity index (χ1v) is 7.24. The van der Waals surface area contributed by atoms with Crippen molar-refractivity contribution in [1.82, 2.24) is 19.7 Å². The molecule has 0 aliphatic rings. The number of methoxy groups -OCH3 is 1. The summed E-state index contributed by atoms with van der Waals surface area (Å²) in [6.07, 6.45) is 2.01. The van der Waals surface area contributed by atoms with Gasteiger partial charge in [0.25, 0.3) is 0 Å². The Kier molecular flexibility index (Phi) is 10.6. The summed E-state index contributed by atoms with van der Waals surface area (Å²) in [5.41, 5.74) is 1.17. The first-order valence-electron chi connectivity index (χ1n) is 7.24. The third-order valence-corrected chi connectivity index (χ3v) is 3.26. The van der Waals surface area contributed by atoms with Crippen molar-refractivity contribution >= 4 is 35.8 Å². The van der Waals surface area contributed by atoms with E-state index in [2.05, 4.69) is 20.9 Å². The van der Waals surface area contributed by atoms with Crippen molar-refractivity contribution in [2.45, 2.75) is 6.54 Å². The lowest BCUT2D eigenvalue weighted by Gasteiger charge is -2.23. The molecule has 0 atom stereocenters. The van der Waals surface area contributed by atoms with Gasteiger partial charge in [0, 0.05) is 53.7 Å². The van der Waals surface area contributed by atoms with Gasteiger partial charge in [0.2, 0.25) is 5.91 Å². The summed E-state index contributed by atoms with van der Waals surface area (Å²) in [7, 11) is 9.06. The fourth-order valence-corrected chi connectivity index (χ4v) is 1.84. The number of amides is 1. The molecule has 1 N–H and O–H groups in total. The number of aliphatic imine (C=N–C) groups is 1. The van der Waals surface area contributed by atoms with E-state index in [0.29, 0.717) is 25.7 Å². The molecule has 0 spiro atoms. The number of halogens is 1. The second kappa shape index (κ2) is 11.3. The van der Waals surface area contributed by atoms with Crippen LogP contribution in [0.5, 0.6) is 0 Å². The van der Waals surface area contributed by atoms with Gasteiger partial charge >= 0.3 is 0 Å². The number of guanidine groups is 1. The maximum absolute atomic E-state index is 11.7. The summed E-state index contributed by atoms with van der Waals surface area (Å²) in [5.74, 6) is 0.659. The van der Waals surface area contributed by atoms with Crippen molar-refractivity contribution in [3.63, 3.8) is 0 Å². The third kappa shape index (κ3) is 7.69. The van der Waals surface area contributed by atoms with E-state index in [1.54, 1.807) is 21.2 Å². The second-order valence-electron chi connectivity index (χ2n) is 5.31. The van der Waals surface area contributed by atoms with Gasteiger partial charge in [-0.3, -0.25) is 4.79 Å². The Bertz CT molecular complexity index is 502. The van der Waals surface area contributed by atoms with Crippen molar-refractivity contribution in [2.75, 3.05) is 47.9 Å². The molecule has 0 bridgehead atoms. The molecule has 1 amide bonds. The maximum atomic E-state index is 11.7. The van der Waals surface area contributed by atoms with Crippen LogP contribution in [-0.2, 0) is 23.1 Å². The van der Waals surface area contributed by atoms with Gasteiger partial charge in [0.15, 0.2) is 5.96 Å². The van der Waals surface area contributed by atoms with Crippen LogP contribution in [-0.4, -0.2) is 74.2 Å².